The van der Waals surface area contributed by atoms with E-state index in [1.165, 1.54) is 28.0 Å². The molecule has 1 amide bonds. The number of aromatic nitrogens is 3. The number of aliphatic hydroxyl groups excluding tert-OH is 1. The molecule has 2 aromatic carbocycles. The van der Waals surface area contributed by atoms with Crippen molar-refractivity contribution in [2.75, 3.05) is 4.90 Å². The second-order valence-corrected chi connectivity index (χ2v) is 11.3. The van der Waals surface area contributed by atoms with Crippen molar-refractivity contribution < 1.29 is 14.7 Å². The van der Waals surface area contributed by atoms with Gasteiger partial charge in [-0.3, -0.25) is 19.5 Å². The van der Waals surface area contributed by atoms with Crippen LogP contribution in [0.15, 0.2) is 87.4 Å². The van der Waals surface area contributed by atoms with Crippen LogP contribution in [0.2, 0.25) is 5.02 Å². The highest BCUT2D eigenvalue weighted by Gasteiger charge is 2.48. The zero-order valence-corrected chi connectivity index (χ0v) is 22.3. The maximum atomic E-state index is 13.2. The molecule has 5 rings (SSSR count). The third kappa shape index (κ3) is 4.94. The third-order valence-electron chi connectivity index (χ3n) is 5.44. The second kappa shape index (κ2) is 10.5. The molecule has 1 fully saturated rings. The van der Waals surface area contributed by atoms with E-state index >= 15 is 0 Å². The van der Waals surface area contributed by atoms with Crippen LogP contribution in [0.3, 0.4) is 0 Å². The molecule has 1 unspecified atom stereocenters. The molecule has 0 radical (unpaired) electrons. The summed E-state index contributed by atoms with van der Waals surface area (Å²) in [4.78, 5) is 31.9. The molecule has 0 aliphatic carbocycles. The zero-order valence-electron chi connectivity index (χ0n) is 18.3. The van der Waals surface area contributed by atoms with Crippen molar-refractivity contribution in [3.63, 3.8) is 0 Å². The summed E-state index contributed by atoms with van der Waals surface area (Å²) < 4.78 is 1.46. The van der Waals surface area contributed by atoms with Crippen molar-refractivity contribution in [1.82, 2.24) is 15.2 Å². The van der Waals surface area contributed by atoms with Gasteiger partial charge in [0.25, 0.3) is 5.78 Å². The minimum atomic E-state index is -0.899. The number of anilines is 1. The number of benzene rings is 2. The Kier molecular flexibility index (Phi) is 7.20. The van der Waals surface area contributed by atoms with Crippen LogP contribution in [0.5, 0.6) is 0 Å². The van der Waals surface area contributed by atoms with Crippen LogP contribution < -0.4 is 4.90 Å². The topological polar surface area (TPSA) is 96.3 Å². The van der Waals surface area contributed by atoms with Crippen molar-refractivity contribution >= 4 is 73.2 Å². The normalized spacial score (nSPS) is 17.1. The maximum Gasteiger partial charge on any atom is 0.301 e. The van der Waals surface area contributed by atoms with Crippen molar-refractivity contribution in [3.8, 4) is 0 Å². The Morgan fingerprint density at radius 2 is 1.83 bits per heavy atom. The predicted molar refractivity (Wildman–Crippen MR) is 144 cm³/mol. The molecular formula is C25H16BrClN4O3S2. The van der Waals surface area contributed by atoms with Crippen molar-refractivity contribution in [2.45, 2.75) is 16.1 Å². The van der Waals surface area contributed by atoms with Crippen LogP contribution in [0.1, 0.15) is 22.7 Å². The molecule has 36 heavy (non-hydrogen) atoms. The number of nitrogens with zero attached hydrogens (tertiary/aromatic N) is 4. The first-order valence-corrected chi connectivity index (χ1v) is 13.6. The molecule has 1 atom stereocenters. The lowest BCUT2D eigenvalue weighted by Crippen LogP contribution is -2.29. The summed E-state index contributed by atoms with van der Waals surface area (Å²) in [6.07, 6.45) is 3.16. The first-order chi connectivity index (χ1) is 17.4. The molecule has 3 heterocycles. The summed E-state index contributed by atoms with van der Waals surface area (Å²) in [5.74, 6) is -1.21. The fourth-order valence-electron chi connectivity index (χ4n) is 3.73. The number of carbonyl (C=O) groups is 2. The SMILES string of the molecule is O=C1C(=O)N(c2nnc(SCc3ccc(Cl)cc3)s2)C(c2cccnc2)/C1=C(/O)c1ccc(Br)cc1. The number of ketones is 1. The lowest BCUT2D eigenvalue weighted by atomic mass is 9.96. The summed E-state index contributed by atoms with van der Waals surface area (Å²) in [5, 5.41) is 20.5. The molecular weight excluding hydrogens is 584 g/mol. The van der Waals surface area contributed by atoms with Crippen LogP contribution in [0, 0.1) is 0 Å². The van der Waals surface area contributed by atoms with E-state index in [-0.39, 0.29) is 16.5 Å². The van der Waals surface area contributed by atoms with E-state index in [4.69, 9.17) is 11.6 Å². The Balaban J connectivity index is 1.51. The van der Waals surface area contributed by atoms with E-state index in [0.29, 0.717) is 26.2 Å². The van der Waals surface area contributed by atoms with Gasteiger partial charge in [0, 0.05) is 33.2 Å². The van der Waals surface area contributed by atoms with Crippen LogP contribution in [-0.2, 0) is 15.3 Å². The summed E-state index contributed by atoms with van der Waals surface area (Å²) in [6, 6.07) is 16.9. The average Bonchev–Trinajstić information content (AvgIpc) is 3.46. The minimum Gasteiger partial charge on any atom is -0.507 e. The average molecular weight is 600 g/mol. The van der Waals surface area contributed by atoms with Gasteiger partial charge in [0.1, 0.15) is 5.76 Å². The van der Waals surface area contributed by atoms with E-state index in [1.807, 2.05) is 24.3 Å². The van der Waals surface area contributed by atoms with Crippen LogP contribution in [-0.4, -0.2) is 32.0 Å². The lowest BCUT2D eigenvalue weighted by Gasteiger charge is -2.22. The molecule has 1 N–H and O–H groups in total. The van der Waals surface area contributed by atoms with Gasteiger partial charge >= 0.3 is 5.91 Å². The minimum absolute atomic E-state index is 0.0270. The standard InChI is InChI=1S/C25H16BrClN4O3S2/c26-17-7-5-15(6-8-17)21(32)19-20(16-2-1-11-28-12-16)31(23(34)22(19)33)24-29-30-25(36-24)35-13-14-3-9-18(27)10-4-14/h1-12,20,32H,13H2/b21-19-. The number of carbonyl (C=O) groups excluding carboxylic acids is 2. The number of amides is 1. The molecule has 180 valence electrons. The van der Waals surface area contributed by atoms with Crippen molar-refractivity contribution in [1.29, 1.82) is 0 Å². The molecule has 2 aromatic heterocycles. The first kappa shape index (κ1) is 24.6. The summed E-state index contributed by atoms with van der Waals surface area (Å²) in [6.45, 7) is 0. The molecule has 0 saturated carbocycles. The number of hydrogen-bond donors (Lipinski definition) is 1. The quantitative estimate of drug-likeness (QED) is 0.0918. The van der Waals surface area contributed by atoms with Crippen molar-refractivity contribution in [2.24, 2.45) is 0 Å². The van der Waals surface area contributed by atoms with E-state index in [9.17, 15) is 14.7 Å². The molecule has 1 saturated heterocycles. The van der Waals surface area contributed by atoms with Crippen LogP contribution >= 0.6 is 50.6 Å². The Morgan fingerprint density at radius 3 is 2.53 bits per heavy atom. The highest BCUT2D eigenvalue weighted by molar-refractivity contribution is 9.10. The molecule has 1 aliphatic heterocycles. The van der Waals surface area contributed by atoms with Gasteiger partial charge in [0.2, 0.25) is 5.13 Å². The second-order valence-electron chi connectivity index (χ2n) is 7.73. The van der Waals surface area contributed by atoms with Crippen molar-refractivity contribution in [3.05, 3.63) is 105 Å². The molecule has 1 aliphatic rings. The third-order valence-corrected chi connectivity index (χ3v) is 8.35. The Bertz CT molecular complexity index is 1460. The number of hydrogen-bond acceptors (Lipinski definition) is 8. The monoisotopic (exact) mass is 598 g/mol. The van der Waals surface area contributed by atoms with Crippen LogP contribution in [0.25, 0.3) is 5.76 Å². The van der Waals surface area contributed by atoms with Gasteiger partial charge in [-0.15, -0.1) is 10.2 Å². The Hall–Kier alpha value is -3.05. The lowest BCUT2D eigenvalue weighted by molar-refractivity contribution is -0.132. The molecule has 7 nitrogen and oxygen atoms in total. The number of thioether (sulfide) groups is 1. The highest BCUT2D eigenvalue weighted by atomic mass is 79.9. The number of halogens is 2. The summed E-state index contributed by atoms with van der Waals surface area (Å²) >= 11 is 12.0. The fourth-order valence-corrected chi connectivity index (χ4v) is 5.94. The van der Waals surface area contributed by atoms with Gasteiger partial charge < -0.3 is 5.11 Å². The molecule has 0 bridgehead atoms. The zero-order chi connectivity index (χ0) is 25.2. The highest BCUT2D eigenvalue weighted by Crippen LogP contribution is 2.43. The first-order valence-electron chi connectivity index (χ1n) is 10.6. The van der Waals surface area contributed by atoms with E-state index in [1.54, 1.807) is 48.8 Å². The van der Waals surface area contributed by atoms with E-state index < -0.39 is 17.7 Å². The molecule has 11 heteroatoms. The summed E-state index contributed by atoms with van der Waals surface area (Å²) in [5.41, 5.74) is 2.02. The number of rotatable bonds is 6. The maximum absolute atomic E-state index is 13.2. The van der Waals surface area contributed by atoms with Gasteiger partial charge in [-0.25, -0.2) is 0 Å². The Morgan fingerprint density at radius 1 is 1.08 bits per heavy atom. The molecule has 0 spiro atoms. The fraction of sp³-hybridized carbons (Fsp3) is 0.0800. The summed E-state index contributed by atoms with van der Waals surface area (Å²) in [7, 11) is 0. The van der Waals surface area contributed by atoms with Crippen LogP contribution in [0.4, 0.5) is 5.13 Å². The smallest absolute Gasteiger partial charge is 0.301 e. The van der Waals surface area contributed by atoms with Gasteiger partial charge in [0.05, 0.1) is 11.6 Å². The number of Topliss-reactive ketones (excluding diaryl/α,β-unsaturated/α-hetero) is 1. The van der Waals surface area contributed by atoms with E-state index in [2.05, 4.69) is 31.1 Å². The number of pyridine rings is 1. The largest absolute Gasteiger partial charge is 0.507 e. The van der Waals surface area contributed by atoms with Gasteiger partial charge in [0.15, 0.2) is 4.34 Å². The Labute approximate surface area is 228 Å². The van der Waals surface area contributed by atoms with E-state index in [0.717, 1.165) is 10.0 Å². The van der Waals surface area contributed by atoms with Gasteiger partial charge in [-0.05, 0) is 41.5 Å². The molecule has 4 aromatic rings. The van der Waals surface area contributed by atoms with Gasteiger partial charge in [-0.2, -0.15) is 0 Å². The van der Waals surface area contributed by atoms with Gasteiger partial charge in [-0.1, -0.05) is 81.0 Å². The predicted octanol–water partition coefficient (Wildman–Crippen LogP) is 6.27. The number of aliphatic hydroxyl groups is 1.